The van der Waals surface area contributed by atoms with Crippen LogP contribution in [-0.4, -0.2) is 5.11 Å². The van der Waals surface area contributed by atoms with Crippen LogP contribution in [0.4, 0.5) is 0 Å². The highest BCUT2D eigenvalue weighted by atomic mass is 35.5. The Morgan fingerprint density at radius 2 is 2.25 bits per heavy atom. The number of nitriles is 1. The smallest absolute Gasteiger partial charge is 0.120 e. The summed E-state index contributed by atoms with van der Waals surface area (Å²) in [5, 5.41) is 18.4. The van der Waals surface area contributed by atoms with Gasteiger partial charge in [-0.2, -0.15) is 5.26 Å². The van der Waals surface area contributed by atoms with Crippen LogP contribution in [0, 0.1) is 18.3 Å². The average Bonchev–Trinajstić information content (AvgIpc) is 2.06. The summed E-state index contributed by atoms with van der Waals surface area (Å²) in [6, 6.07) is 5.09. The van der Waals surface area contributed by atoms with Gasteiger partial charge >= 0.3 is 0 Å². The number of benzene rings is 1. The van der Waals surface area contributed by atoms with Gasteiger partial charge < -0.3 is 5.11 Å². The lowest BCUT2D eigenvalue weighted by Crippen LogP contribution is -1.89. The first-order valence-corrected chi connectivity index (χ1v) is 3.88. The summed E-state index contributed by atoms with van der Waals surface area (Å²) >= 11 is 5.80. The topological polar surface area (TPSA) is 44.0 Å². The molecule has 1 aromatic carbocycles. The molecule has 0 radical (unpaired) electrons. The molecule has 0 amide bonds. The molecule has 1 rings (SSSR count). The molecule has 0 aliphatic rings. The van der Waals surface area contributed by atoms with Crippen molar-refractivity contribution in [2.75, 3.05) is 0 Å². The summed E-state index contributed by atoms with van der Waals surface area (Å²) in [5.74, 6) is 0.137. The Labute approximate surface area is 76.0 Å². The van der Waals surface area contributed by atoms with Crippen molar-refractivity contribution in [3.63, 3.8) is 0 Å². The maximum absolute atomic E-state index is 9.34. The van der Waals surface area contributed by atoms with Gasteiger partial charge in [0, 0.05) is 10.6 Å². The van der Waals surface area contributed by atoms with Crippen molar-refractivity contribution in [1.82, 2.24) is 0 Å². The summed E-state index contributed by atoms with van der Waals surface area (Å²) < 4.78 is 0. The third kappa shape index (κ3) is 1.51. The lowest BCUT2D eigenvalue weighted by atomic mass is 10.1. The standard InChI is InChI=1S/C9H8ClNO/c1-6-7(4-5-11)9(12)3-2-8(6)10/h2-3,12H,4H2,1H3. The van der Waals surface area contributed by atoms with Crippen molar-refractivity contribution in [3.05, 3.63) is 28.3 Å². The van der Waals surface area contributed by atoms with Crippen molar-refractivity contribution in [2.24, 2.45) is 0 Å². The number of phenolic OH excluding ortho intramolecular Hbond substituents is 1. The highest BCUT2D eigenvalue weighted by Gasteiger charge is 2.06. The summed E-state index contributed by atoms with van der Waals surface area (Å²) in [6.07, 6.45) is 0.193. The molecule has 0 saturated carbocycles. The Hall–Kier alpha value is -1.20. The van der Waals surface area contributed by atoms with E-state index in [0.717, 1.165) is 5.56 Å². The van der Waals surface area contributed by atoms with E-state index in [1.165, 1.54) is 6.07 Å². The SMILES string of the molecule is Cc1c(Cl)ccc(O)c1CC#N. The largest absolute Gasteiger partial charge is 0.508 e. The van der Waals surface area contributed by atoms with Crippen LogP contribution in [0.2, 0.25) is 5.02 Å². The molecule has 0 bridgehead atoms. The van der Waals surface area contributed by atoms with Gasteiger partial charge in [-0.1, -0.05) is 11.6 Å². The van der Waals surface area contributed by atoms with E-state index in [1.807, 2.05) is 6.07 Å². The van der Waals surface area contributed by atoms with Crippen LogP contribution in [0.25, 0.3) is 0 Å². The van der Waals surface area contributed by atoms with Gasteiger partial charge in [-0.3, -0.25) is 0 Å². The van der Waals surface area contributed by atoms with E-state index >= 15 is 0 Å². The van der Waals surface area contributed by atoms with Crippen LogP contribution in [0.3, 0.4) is 0 Å². The second kappa shape index (κ2) is 3.46. The zero-order chi connectivity index (χ0) is 9.14. The molecule has 0 aliphatic carbocycles. The Balaban J connectivity index is 3.25. The second-order valence-electron chi connectivity index (χ2n) is 2.50. The molecule has 0 unspecified atom stereocenters. The quantitative estimate of drug-likeness (QED) is 0.723. The molecule has 62 valence electrons. The van der Waals surface area contributed by atoms with Crippen LogP contribution in [-0.2, 0) is 6.42 Å². The maximum Gasteiger partial charge on any atom is 0.120 e. The number of aromatic hydroxyl groups is 1. The minimum Gasteiger partial charge on any atom is -0.508 e. The molecule has 0 atom stereocenters. The van der Waals surface area contributed by atoms with E-state index in [-0.39, 0.29) is 12.2 Å². The lowest BCUT2D eigenvalue weighted by Gasteiger charge is -2.05. The predicted octanol–water partition coefficient (Wildman–Crippen LogP) is 2.42. The Bertz CT molecular complexity index is 341. The number of rotatable bonds is 1. The number of phenols is 1. The minimum absolute atomic E-state index is 0.137. The fourth-order valence-corrected chi connectivity index (χ4v) is 1.19. The van der Waals surface area contributed by atoms with Crippen LogP contribution in [0.15, 0.2) is 12.1 Å². The first-order valence-electron chi connectivity index (χ1n) is 3.50. The van der Waals surface area contributed by atoms with E-state index in [9.17, 15) is 5.11 Å². The molecule has 0 saturated heterocycles. The molecule has 0 heterocycles. The number of hydrogen-bond acceptors (Lipinski definition) is 2. The van der Waals surface area contributed by atoms with Crippen LogP contribution >= 0.6 is 11.6 Å². The second-order valence-corrected chi connectivity index (χ2v) is 2.91. The van der Waals surface area contributed by atoms with Crippen molar-refractivity contribution >= 4 is 11.6 Å². The Morgan fingerprint density at radius 1 is 1.58 bits per heavy atom. The summed E-state index contributed by atoms with van der Waals surface area (Å²) in [5.41, 5.74) is 1.39. The molecule has 3 heteroatoms. The Morgan fingerprint density at radius 3 is 2.83 bits per heavy atom. The number of hydrogen-bond donors (Lipinski definition) is 1. The predicted molar refractivity (Wildman–Crippen MR) is 47.2 cm³/mol. The average molecular weight is 182 g/mol. The molecule has 0 fully saturated rings. The summed E-state index contributed by atoms with van der Waals surface area (Å²) in [7, 11) is 0. The Kier molecular flexibility index (Phi) is 2.57. The van der Waals surface area contributed by atoms with Crippen LogP contribution in [0.5, 0.6) is 5.75 Å². The molecule has 1 aromatic rings. The third-order valence-corrected chi connectivity index (χ3v) is 2.17. The zero-order valence-electron chi connectivity index (χ0n) is 6.63. The van der Waals surface area contributed by atoms with E-state index in [2.05, 4.69) is 0 Å². The molecule has 12 heavy (non-hydrogen) atoms. The molecule has 0 spiro atoms. The van der Waals surface area contributed by atoms with E-state index in [0.29, 0.717) is 10.6 Å². The van der Waals surface area contributed by atoms with Crippen molar-refractivity contribution in [1.29, 1.82) is 5.26 Å². The fraction of sp³-hybridized carbons (Fsp3) is 0.222. The van der Waals surface area contributed by atoms with Crippen molar-refractivity contribution in [3.8, 4) is 11.8 Å². The van der Waals surface area contributed by atoms with Crippen LogP contribution in [0.1, 0.15) is 11.1 Å². The van der Waals surface area contributed by atoms with Gasteiger partial charge in [0.15, 0.2) is 0 Å². The van der Waals surface area contributed by atoms with Crippen LogP contribution < -0.4 is 0 Å². The van der Waals surface area contributed by atoms with Gasteiger partial charge in [-0.25, -0.2) is 0 Å². The van der Waals surface area contributed by atoms with E-state index in [4.69, 9.17) is 16.9 Å². The van der Waals surface area contributed by atoms with Gasteiger partial charge in [0.2, 0.25) is 0 Å². The molecule has 0 aliphatic heterocycles. The van der Waals surface area contributed by atoms with Gasteiger partial charge in [-0.15, -0.1) is 0 Å². The molecule has 1 N–H and O–H groups in total. The first kappa shape index (κ1) is 8.89. The van der Waals surface area contributed by atoms with E-state index < -0.39 is 0 Å². The molecular formula is C9H8ClNO. The molecular weight excluding hydrogens is 174 g/mol. The zero-order valence-corrected chi connectivity index (χ0v) is 7.39. The maximum atomic E-state index is 9.34. The van der Waals surface area contributed by atoms with Gasteiger partial charge in [0.05, 0.1) is 12.5 Å². The highest BCUT2D eigenvalue weighted by molar-refractivity contribution is 6.31. The van der Waals surface area contributed by atoms with Gasteiger partial charge in [0.25, 0.3) is 0 Å². The molecule has 0 aromatic heterocycles. The van der Waals surface area contributed by atoms with Crippen molar-refractivity contribution < 1.29 is 5.11 Å². The molecule has 2 nitrogen and oxygen atoms in total. The first-order chi connectivity index (χ1) is 5.66. The summed E-state index contributed by atoms with van der Waals surface area (Å²) in [4.78, 5) is 0. The number of nitrogens with zero attached hydrogens (tertiary/aromatic N) is 1. The fourth-order valence-electron chi connectivity index (χ4n) is 1.02. The lowest BCUT2D eigenvalue weighted by molar-refractivity contribution is 0.469. The highest BCUT2D eigenvalue weighted by Crippen LogP contribution is 2.27. The van der Waals surface area contributed by atoms with Gasteiger partial charge in [-0.05, 0) is 24.6 Å². The monoisotopic (exact) mass is 181 g/mol. The summed E-state index contributed by atoms with van der Waals surface area (Å²) in [6.45, 7) is 1.79. The minimum atomic E-state index is 0.137. The van der Waals surface area contributed by atoms with Gasteiger partial charge in [0.1, 0.15) is 5.75 Å². The van der Waals surface area contributed by atoms with Crippen molar-refractivity contribution in [2.45, 2.75) is 13.3 Å². The number of halogens is 1. The normalized spacial score (nSPS) is 9.42. The third-order valence-electron chi connectivity index (χ3n) is 1.76. The van der Waals surface area contributed by atoms with E-state index in [1.54, 1.807) is 13.0 Å².